The van der Waals surface area contributed by atoms with E-state index < -0.39 is 0 Å². The molecule has 1 N–H and O–H groups in total. The largest absolute Gasteiger partial charge is 0.312 e. The van der Waals surface area contributed by atoms with Crippen molar-refractivity contribution in [3.8, 4) is 0 Å². The van der Waals surface area contributed by atoms with E-state index in [-0.39, 0.29) is 5.54 Å². The highest BCUT2D eigenvalue weighted by Crippen LogP contribution is 2.19. The van der Waals surface area contributed by atoms with Crippen LogP contribution in [0, 0.1) is 0 Å². The normalized spacial score (nSPS) is 25.6. The highest BCUT2D eigenvalue weighted by molar-refractivity contribution is 4.78. The van der Waals surface area contributed by atoms with Gasteiger partial charge in [0.2, 0.25) is 0 Å². The summed E-state index contributed by atoms with van der Waals surface area (Å²) in [6.45, 7) is 14.0. The first kappa shape index (κ1) is 15.0. The quantitative estimate of drug-likeness (QED) is 0.810. The fourth-order valence-corrected chi connectivity index (χ4v) is 2.77. The Morgan fingerprint density at radius 1 is 1.24 bits per heavy atom. The molecule has 2 nitrogen and oxygen atoms in total. The standard InChI is InChI=1S/C15H32N2/c1-13-9-7-6-8-12-17(13)14(2)10-11-16-15(3,4)5/h13-14,16H,6-12H2,1-5H3. The van der Waals surface area contributed by atoms with Crippen molar-refractivity contribution < 1.29 is 0 Å². The van der Waals surface area contributed by atoms with E-state index in [0.717, 1.165) is 18.6 Å². The van der Waals surface area contributed by atoms with Crippen LogP contribution in [0.3, 0.4) is 0 Å². The van der Waals surface area contributed by atoms with Crippen molar-refractivity contribution in [3.05, 3.63) is 0 Å². The molecule has 0 radical (unpaired) electrons. The minimum absolute atomic E-state index is 0.254. The van der Waals surface area contributed by atoms with Crippen molar-refractivity contribution in [1.82, 2.24) is 10.2 Å². The predicted molar refractivity (Wildman–Crippen MR) is 76.5 cm³/mol. The third kappa shape index (κ3) is 5.87. The molecule has 2 atom stereocenters. The van der Waals surface area contributed by atoms with Gasteiger partial charge in [-0.2, -0.15) is 0 Å². The van der Waals surface area contributed by atoms with Crippen LogP contribution >= 0.6 is 0 Å². The average Bonchev–Trinajstić information content (AvgIpc) is 2.40. The molecule has 0 saturated carbocycles. The summed E-state index contributed by atoms with van der Waals surface area (Å²) in [7, 11) is 0. The molecule has 0 amide bonds. The fourth-order valence-electron chi connectivity index (χ4n) is 2.77. The molecule has 0 bridgehead atoms. The number of likely N-dealkylation sites (tertiary alicyclic amines) is 1. The smallest absolute Gasteiger partial charge is 0.00965 e. The van der Waals surface area contributed by atoms with Crippen molar-refractivity contribution in [3.63, 3.8) is 0 Å². The second-order valence-electron chi connectivity index (χ2n) is 6.75. The van der Waals surface area contributed by atoms with Crippen molar-refractivity contribution >= 4 is 0 Å². The Bertz CT molecular complexity index is 207. The van der Waals surface area contributed by atoms with E-state index in [1.54, 1.807) is 0 Å². The lowest BCUT2D eigenvalue weighted by molar-refractivity contribution is 0.148. The highest BCUT2D eigenvalue weighted by Gasteiger charge is 2.21. The van der Waals surface area contributed by atoms with Crippen molar-refractivity contribution in [2.45, 2.75) is 84.3 Å². The van der Waals surface area contributed by atoms with Gasteiger partial charge in [0.1, 0.15) is 0 Å². The molecule has 2 unspecified atom stereocenters. The van der Waals surface area contributed by atoms with Crippen LogP contribution in [0.5, 0.6) is 0 Å². The van der Waals surface area contributed by atoms with Gasteiger partial charge in [-0.15, -0.1) is 0 Å². The van der Waals surface area contributed by atoms with E-state index in [9.17, 15) is 0 Å². The second kappa shape index (κ2) is 6.75. The van der Waals surface area contributed by atoms with Gasteiger partial charge in [0.15, 0.2) is 0 Å². The predicted octanol–water partition coefficient (Wildman–Crippen LogP) is 3.42. The van der Waals surface area contributed by atoms with Gasteiger partial charge < -0.3 is 5.32 Å². The van der Waals surface area contributed by atoms with Crippen molar-refractivity contribution in [1.29, 1.82) is 0 Å². The van der Waals surface area contributed by atoms with Gasteiger partial charge in [0.25, 0.3) is 0 Å². The summed E-state index contributed by atoms with van der Waals surface area (Å²) in [5.41, 5.74) is 0.254. The lowest BCUT2D eigenvalue weighted by Gasteiger charge is -2.34. The molecular formula is C15H32N2. The molecule has 1 rings (SSSR count). The SMILES string of the molecule is CC1CCCCCN1C(C)CCNC(C)(C)C. The van der Waals surface area contributed by atoms with E-state index in [2.05, 4.69) is 44.8 Å². The molecule has 1 fully saturated rings. The molecule has 0 aromatic carbocycles. The maximum atomic E-state index is 3.60. The molecule has 0 aromatic heterocycles. The summed E-state index contributed by atoms with van der Waals surface area (Å²) in [5.74, 6) is 0. The van der Waals surface area contributed by atoms with Gasteiger partial charge in [0.05, 0.1) is 0 Å². The number of nitrogens with one attached hydrogen (secondary N) is 1. The molecule has 0 spiro atoms. The van der Waals surface area contributed by atoms with Gasteiger partial charge in [-0.1, -0.05) is 12.8 Å². The maximum absolute atomic E-state index is 3.60. The summed E-state index contributed by atoms with van der Waals surface area (Å²) in [5, 5.41) is 3.60. The number of hydrogen-bond donors (Lipinski definition) is 1. The molecular weight excluding hydrogens is 208 g/mol. The third-order valence-corrected chi connectivity index (χ3v) is 3.89. The van der Waals surface area contributed by atoms with E-state index in [1.807, 2.05) is 0 Å². The fraction of sp³-hybridized carbons (Fsp3) is 1.00. The Morgan fingerprint density at radius 2 is 1.94 bits per heavy atom. The molecule has 17 heavy (non-hydrogen) atoms. The Balaban J connectivity index is 2.32. The van der Waals surface area contributed by atoms with Gasteiger partial charge in [-0.05, 0) is 67.0 Å². The zero-order valence-electron chi connectivity index (χ0n) is 12.6. The summed E-state index contributed by atoms with van der Waals surface area (Å²) in [4.78, 5) is 2.72. The zero-order valence-corrected chi connectivity index (χ0v) is 12.6. The highest BCUT2D eigenvalue weighted by atomic mass is 15.2. The second-order valence-corrected chi connectivity index (χ2v) is 6.75. The Hall–Kier alpha value is -0.0800. The van der Waals surface area contributed by atoms with Crippen LogP contribution < -0.4 is 5.32 Å². The zero-order chi connectivity index (χ0) is 12.9. The minimum atomic E-state index is 0.254. The summed E-state index contributed by atoms with van der Waals surface area (Å²) >= 11 is 0. The molecule has 1 heterocycles. The first-order valence-electron chi connectivity index (χ1n) is 7.41. The first-order chi connectivity index (χ1) is 7.90. The molecule has 1 aliphatic heterocycles. The Labute approximate surface area is 108 Å². The Morgan fingerprint density at radius 3 is 2.59 bits per heavy atom. The molecule has 0 aliphatic carbocycles. The first-order valence-corrected chi connectivity index (χ1v) is 7.41. The molecule has 2 heteroatoms. The van der Waals surface area contributed by atoms with Gasteiger partial charge in [0, 0.05) is 17.6 Å². The van der Waals surface area contributed by atoms with Crippen LogP contribution in [0.15, 0.2) is 0 Å². The van der Waals surface area contributed by atoms with Crippen LogP contribution in [0.1, 0.15) is 66.7 Å². The summed E-state index contributed by atoms with van der Waals surface area (Å²) in [6.07, 6.45) is 6.89. The van der Waals surface area contributed by atoms with Crippen LogP contribution in [0.4, 0.5) is 0 Å². The van der Waals surface area contributed by atoms with Crippen LogP contribution in [-0.4, -0.2) is 35.6 Å². The third-order valence-electron chi connectivity index (χ3n) is 3.89. The maximum Gasteiger partial charge on any atom is 0.00965 e. The number of rotatable bonds is 4. The molecule has 1 saturated heterocycles. The van der Waals surface area contributed by atoms with E-state index in [1.165, 1.54) is 38.6 Å². The molecule has 1 aliphatic rings. The summed E-state index contributed by atoms with van der Waals surface area (Å²) < 4.78 is 0. The Kier molecular flexibility index (Phi) is 5.94. The average molecular weight is 240 g/mol. The van der Waals surface area contributed by atoms with Crippen molar-refractivity contribution in [2.24, 2.45) is 0 Å². The van der Waals surface area contributed by atoms with E-state index >= 15 is 0 Å². The van der Waals surface area contributed by atoms with Gasteiger partial charge >= 0.3 is 0 Å². The van der Waals surface area contributed by atoms with E-state index in [0.29, 0.717) is 0 Å². The van der Waals surface area contributed by atoms with E-state index in [4.69, 9.17) is 0 Å². The number of hydrogen-bond acceptors (Lipinski definition) is 2. The van der Waals surface area contributed by atoms with Crippen LogP contribution in [0.25, 0.3) is 0 Å². The lowest BCUT2D eigenvalue weighted by atomic mass is 10.1. The lowest BCUT2D eigenvalue weighted by Crippen LogP contribution is -2.43. The topological polar surface area (TPSA) is 15.3 Å². The minimum Gasteiger partial charge on any atom is -0.312 e. The van der Waals surface area contributed by atoms with Crippen LogP contribution in [0.2, 0.25) is 0 Å². The number of nitrogens with zero attached hydrogens (tertiary/aromatic N) is 1. The molecule has 0 aromatic rings. The van der Waals surface area contributed by atoms with Gasteiger partial charge in [-0.25, -0.2) is 0 Å². The van der Waals surface area contributed by atoms with Crippen molar-refractivity contribution in [2.75, 3.05) is 13.1 Å². The van der Waals surface area contributed by atoms with Crippen LogP contribution in [-0.2, 0) is 0 Å². The van der Waals surface area contributed by atoms with Gasteiger partial charge in [-0.3, -0.25) is 4.90 Å². The summed E-state index contributed by atoms with van der Waals surface area (Å²) in [6, 6.07) is 1.50. The monoisotopic (exact) mass is 240 g/mol. The molecule has 102 valence electrons.